The van der Waals surface area contributed by atoms with Crippen molar-refractivity contribution in [2.24, 2.45) is 0 Å². The highest BCUT2D eigenvalue weighted by Crippen LogP contribution is 2.42. The maximum Gasteiger partial charge on any atom is 0.0468 e. The van der Waals surface area contributed by atoms with Crippen LogP contribution in [-0.4, -0.2) is 0 Å². The van der Waals surface area contributed by atoms with Crippen molar-refractivity contribution in [1.82, 2.24) is 0 Å². The molecule has 0 N–H and O–H groups in total. The summed E-state index contributed by atoms with van der Waals surface area (Å²) in [6, 6.07) is 71.9. The van der Waals surface area contributed by atoms with Gasteiger partial charge < -0.3 is 4.90 Å². The first-order valence-corrected chi connectivity index (χ1v) is 16.1. The first-order valence-electron chi connectivity index (χ1n) is 16.1. The van der Waals surface area contributed by atoms with Crippen LogP contribution in [0.3, 0.4) is 0 Å². The second-order valence-corrected chi connectivity index (χ2v) is 11.8. The van der Waals surface area contributed by atoms with Crippen LogP contribution in [0.15, 0.2) is 200 Å². The largest absolute Gasteiger partial charge is 0.310 e. The predicted octanol–water partition coefficient (Wildman–Crippen LogP) is 13.0. The molecule has 0 saturated carbocycles. The van der Waals surface area contributed by atoms with Crippen molar-refractivity contribution in [2.75, 3.05) is 4.90 Å². The van der Waals surface area contributed by atoms with Crippen molar-refractivity contribution in [3.05, 3.63) is 200 Å². The van der Waals surface area contributed by atoms with Crippen LogP contribution in [0.25, 0.3) is 55.3 Å². The summed E-state index contributed by atoms with van der Waals surface area (Å²) in [6.07, 6.45) is 0. The van der Waals surface area contributed by atoms with E-state index in [4.69, 9.17) is 0 Å². The summed E-state index contributed by atoms with van der Waals surface area (Å²) in [7, 11) is 0. The van der Waals surface area contributed by atoms with Gasteiger partial charge in [0.25, 0.3) is 0 Å². The lowest BCUT2D eigenvalue weighted by Crippen LogP contribution is -2.10. The fourth-order valence-corrected chi connectivity index (χ4v) is 6.45. The van der Waals surface area contributed by atoms with E-state index in [1.807, 2.05) is 0 Å². The normalized spacial score (nSPS) is 11.0. The third kappa shape index (κ3) is 5.83. The Labute approximate surface area is 276 Å². The van der Waals surface area contributed by atoms with Gasteiger partial charge in [0.15, 0.2) is 0 Å². The molecule has 0 amide bonds. The van der Waals surface area contributed by atoms with Gasteiger partial charge >= 0.3 is 0 Å². The highest BCUT2D eigenvalue weighted by Gasteiger charge is 2.17. The highest BCUT2D eigenvalue weighted by molar-refractivity contribution is 5.93. The van der Waals surface area contributed by atoms with Crippen LogP contribution in [0.1, 0.15) is 0 Å². The average Bonchev–Trinajstić information content (AvgIpc) is 3.16. The SMILES string of the molecule is c1ccc(-c2ccc(N(c3ccc(-c4ccccc4)cc3)c3ccc(-c4ccc5ccccc5c4)c(-c4ccccc4)c3)cc2)cc1. The van der Waals surface area contributed by atoms with Gasteiger partial charge in [0.05, 0.1) is 0 Å². The minimum atomic E-state index is 1.10. The second kappa shape index (κ2) is 12.7. The second-order valence-electron chi connectivity index (χ2n) is 11.8. The number of hydrogen-bond acceptors (Lipinski definition) is 1. The Hall–Kier alpha value is -6.18. The standard InChI is InChI=1S/C46H33N/c1-4-12-34(13-5-1)37-22-26-42(27-23-37)47(43-28-24-38(25-29-43)35-14-6-2-7-15-35)44-30-31-45(46(33-44)39-17-8-3-9-18-39)41-21-20-36-16-10-11-19-40(36)32-41/h1-33H. The molecule has 0 heterocycles. The summed E-state index contributed by atoms with van der Waals surface area (Å²) in [5.41, 5.74) is 13.0. The number of hydrogen-bond donors (Lipinski definition) is 0. The van der Waals surface area contributed by atoms with Crippen LogP contribution in [0.4, 0.5) is 17.1 Å². The Bertz CT molecular complexity index is 2170. The van der Waals surface area contributed by atoms with Gasteiger partial charge in [-0.15, -0.1) is 0 Å². The van der Waals surface area contributed by atoms with Crippen molar-refractivity contribution in [3.8, 4) is 44.5 Å². The quantitative estimate of drug-likeness (QED) is 0.176. The number of benzene rings is 8. The van der Waals surface area contributed by atoms with Crippen LogP contribution in [0, 0.1) is 0 Å². The number of fused-ring (bicyclic) bond motifs is 1. The Morgan fingerprint density at radius 3 is 1.21 bits per heavy atom. The van der Waals surface area contributed by atoms with E-state index in [-0.39, 0.29) is 0 Å². The molecule has 8 aromatic carbocycles. The maximum atomic E-state index is 2.36. The van der Waals surface area contributed by atoms with E-state index in [1.165, 1.54) is 55.3 Å². The zero-order valence-electron chi connectivity index (χ0n) is 26.0. The fourth-order valence-electron chi connectivity index (χ4n) is 6.45. The van der Waals surface area contributed by atoms with Crippen molar-refractivity contribution in [2.45, 2.75) is 0 Å². The summed E-state index contributed by atoms with van der Waals surface area (Å²) < 4.78 is 0. The Balaban J connectivity index is 1.27. The molecular weight excluding hydrogens is 567 g/mol. The summed E-state index contributed by atoms with van der Waals surface area (Å²) in [4.78, 5) is 2.36. The molecule has 0 unspecified atom stereocenters. The van der Waals surface area contributed by atoms with E-state index < -0.39 is 0 Å². The molecule has 47 heavy (non-hydrogen) atoms. The van der Waals surface area contributed by atoms with Crippen LogP contribution >= 0.6 is 0 Å². The first-order chi connectivity index (χ1) is 23.3. The monoisotopic (exact) mass is 599 g/mol. The predicted molar refractivity (Wildman–Crippen MR) is 200 cm³/mol. The van der Waals surface area contributed by atoms with E-state index in [1.54, 1.807) is 0 Å². The van der Waals surface area contributed by atoms with E-state index in [0.29, 0.717) is 0 Å². The molecule has 222 valence electrons. The Kier molecular flexibility index (Phi) is 7.63. The lowest BCUT2D eigenvalue weighted by atomic mass is 9.92. The molecule has 8 aromatic rings. The lowest BCUT2D eigenvalue weighted by Gasteiger charge is -2.27. The zero-order chi connectivity index (χ0) is 31.4. The molecule has 0 bridgehead atoms. The molecular formula is C46H33N. The molecule has 0 radical (unpaired) electrons. The van der Waals surface area contributed by atoms with Gasteiger partial charge in [0, 0.05) is 17.1 Å². The number of anilines is 3. The van der Waals surface area contributed by atoms with Gasteiger partial charge in [0.1, 0.15) is 0 Å². The summed E-state index contributed by atoms with van der Waals surface area (Å²) in [5.74, 6) is 0. The lowest BCUT2D eigenvalue weighted by molar-refractivity contribution is 1.28. The molecule has 8 rings (SSSR count). The fraction of sp³-hybridized carbons (Fsp3) is 0. The van der Waals surface area contributed by atoms with E-state index in [9.17, 15) is 0 Å². The topological polar surface area (TPSA) is 3.24 Å². The van der Waals surface area contributed by atoms with E-state index in [2.05, 4.69) is 205 Å². The van der Waals surface area contributed by atoms with Gasteiger partial charge in [0.2, 0.25) is 0 Å². The van der Waals surface area contributed by atoms with Gasteiger partial charge in [-0.2, -0.15) is 0 Å². The molecule has 0 aliphatic carbocycles. The molecule has 0 atom stereocenters. The van der Waals surface area contributed by atoms with Crippen molar-refractivity contribution < 1.29 is 0 Å². The average molecular weight is 600 g/mol. The zero-order valence-corrected chi connectivity index (χ0v) is 26.0. The van der Waals surface area contributed by atoms with Gasteiger partial charge in [-0.3, -0.25) is 0 Å². The Morgan fingerprint density at radius 2 is 0.660 bits per heavy atom. The van der Waals surface area contributed by atoms with E-state index in [0.717, 1.165) is 17.1 Å². The highest BCUT2D eigenvalue weighted by atomic mass is 15.1. The van der Waals surface area contributed by atoms with Crippen LogP contribution < -0.4 is 4.90 Å². The summed E-state index contributed by atoms with van der Waals surface area (Å²) in [6.45, 7) is 0. The van der Waals surface area contributed by atoms with E-state index >= 15 is 0 Å². The van der Waals surface area contributed by atoms with Crippen molar-refractivity contribution >= 4 is 27.8 Å². The number of nitrogens with zero attached hydrogens (tertiary/aromatic N) is 1. The van der Waals surface area contributed by atoms with Gasteiger partial charge in [-0.1, -0.05) is 158 Å². The van der Waals surface area contributed by atoms with Crippen LogP contribution in [0.2, 0.25) is 0 Å². The maximum absolute atomic E-state index is 2.36. The molecule has 0 spiro atoms. The third-order valence-electron chi connectivity index (χ3n) is 8.87. The smallest absolute Gasteiger partial charge is 0.0468 e. The third-order valence-corrected chi connectivity index (χ3v) is 8.87. The molecule has 0 aromatic heterocycles. The Morgan fingerprint density at radius 1 is 0.234 bits per heavy atom. The molecule has 1 heteroatoms. The van der Waals surface area contributed by atoms with Crippen LogP contribution in [-0.2, 0) is 0 Å². The summed E-state index contributed by atoms with van der Waals surface area (Å²) in [5, 5.41) is 2.49. The minimum Gasteiger partial charge on any atom is -0.310 e. The van der Waals surface area contributed by atoms with Gasteiger partial charge in [-0.25, -0.2) is 0 Å². The summed E-state index contributed by atoms with van der Waals surface area (Å²) >= 11 is 0. The molecule has 0 saturated heterocycles. The number of rotatable bonds is 7. The molecule has 1 nitrogen and oxygen atoms in total. The molecule has 0 aliphatic rings. The van der Waals surface area contributed by atoms with Crippen molar-refractivity contribution in [3.63, 3.8) is 0 Å². The van der Waals surface area contributed by atoms with Crippen LogP contribution in [0.5, 0.6) is 0 Å². The minimum absolute atomic E-state index is 1.10. The molecule has 0 fully saturated rings. The van der Waals surface area contributed by atoms with Gasteiger partial charge in [-0.05, 0) is 97.7 Å². The molecule has 0 aliphatic heterocycles. The first kappa shape index (κ1) is 28.3. The van der Waals surface area contributed by atoms with Crippen molar-refractivity contribution in [1.29, 1.82) is 0 Å².